The molecule has 10 nitrogen and oxygen atoms in total. The van der Waals surface area contributed by atoms with E-state index in [4.69, 9.17) is 0 Å². The molecular weight excluding hydrogens is 424 g/mol. The predicted molar refractivity (Wildman–Crippen MR) is 111 cm³/mol. The van der Waals surface area contributed by atoms with Crippen LogP contribution in [-0.2, 0) is 29.8 Å². The molecule has 3 rings (SSSR count). The fraction of sp³-hybridized carbons (Fsp3) is 0.500. The molecule has 2 aliphatic heterocycles. The number of carbonyl (C=O) groups excluding carboxylic acids is 4. The van der Waals surface area contributed by atoms with Crippen LogP contribution in [0.3, 0.4) is 0 Å². The molecule has 2 N–H and O–H groups in total. The molecule has 11 heteroatoms. The summed E-state index contributed by atoms with van der Waals surface area (Å²) in [4.78, 5) is 52.4. The lowest BCUT2D eigenvalue weighted by Crippen LogP contribution is -2.48. The first-order valence-corrected chi connectivity index (χ1v) is 11.8. The Morgan fingerprint density at radius 1 is 1.16 bits per heavy atom. The van der Waals surface area contributed by atoms with Crippen LogP contribution in [0.5, 0.6) is 0 Å². The summed E-state index contributed by atoms with van der Waals surface area (Å²) < 4.78 is 23.3. The summed E-state index contributed by atoms with van der Waals surface area (Å²) in [5.41, 5.74) is -0.987. The van der Waals surface area contributed by atoms with Crippen LogP contribution in [0.2, 0.25) is 0 Å². The van der Waals surface area contributed by atoms with E-state index in [0.29, 0.717) is 31.5 Å². The number of urea groups is 1. The number of rotatable bonds is 5. The van der Waals surface area contributed by atoms with Crippen molar-refractivity contribution in [2.45, 2.75) is 30.2 Å². The summed E-state index contributed by atoms with van der Waals surface area (Å²) in [6.45, 7) is 1.88. The Morgan fingerprint density at radius 2 is 1.74 bits per heavy atom. The first kappa shape index (κ1) is 22.7. The second-order valence-electron chi connectivity index (χ2n) is 8.01. The number of hydrogen-bond acceptors (Lipinski definition) is 6. The van der Waals surface area contributed by atoms with Gasteiger partial charge in [0.25, 0.3) is 5.91 Å². The molecule has 5 amide bonds. The number of benzene rings is 1. The van der Waals surface area contributed by atoms with E-state index in [9.17, 15) is 27.6 Å². The molecule has 0 spiro atoms. The largest absolute Gasteiger partial charge is 0.359 e. The molecule has 2 saturated heterocycles. The number of sulfone groups is 1. The van der Waals surface area contributed by atoms with E-state index >= 15 is 0 Å². The highest BCUT2D eigenvalue weighted by atomic mass is 32.2. The molecule has 2 aliphatic rings. The van der Waals surface area contributed by atoms with Crippen LogP contribution >= 0.6 is 0 Å². The fourth-order valence-corrected chi connectivity index (χ4v) is 4.53. The van der Waals surface area contributed by atoms with E-state index in [2.05, 4.69) is 10.6 Å². The molecule has 1 atom stereocenters. The van der Waals surface area contributed by atoms with Crippen molar-refractivity contribution in [2.24, 2.45) is 5.92 Å². The average molecular weight is 451 g/mol. The fourth-order valence-electron chi connectivity index (χ4n) is 3.90. The van der Waals surface area contributed by atoms with Gasteiger partial charge in [-0.15, -0.1) is 0 Å². The van der Waals surface area contributed by atoms with Crippen molar-refractivity contribution >= 4 is 33.6 Å². The van der Waals surface area contributed by atoms with Crippen LogP contribution in [0, 0.1) is 5.92 Å². The van der Waals surface area contributed by atoms with E-state index in [-0.39, 0.29) is 22.6 Å². The van der Waals surface area contributed by atoms with Gasteiger partial charge in [-0.3, -0.25) is 19.3 Å². The second-order valence-corrected chi connectivity index (χ2v) is 10.0. The topological polar surface area (TPSA) is 133 Å². The van der Waals surface area contributed by atoms with E-state index in [1.54, 1.807) is 11.9 Å². The van der Waals surface area contributed by atoms with Crippen molar-refractivity contribution in [2.75, 3.05) is 32.9 Å². The van der Waals surface area contributed by atoms with Crippen LogP contribution in [0.25, 0.3) is 0 Å². The van der Waals surface area contributed by atoms with E-state index in [1.165, 1.54) is 31.2 Å². The van der Waals surface area contributed by atoms with Gasteiger partial charge in [0.1, 0.15) is 12.1 Å². The highest BCUT2D eigenvalue weighted by molar-refractivity contribution is 7.90. The molecule has 168 valence electrons. The molecule has 1 aromatic rings. The molecule has 2 fully saturated rings. The molecule has 0 radical (unpaired) electrons. The number of likely N-dealkylation sites (tertiary alicyclic amines) is 1. The van der Waals surface area contributed by atoms with Crippen LogP contribution in [0.1, 0.15) is 25.3 Å². The quantitative estimate of drug-likeness (QED) is 0.599. The van der Waals surface area contributed by atoms with Crippen molar-refractivity contribution in [1.82, 2.24) is 20.4 Å². The Balaban J connectivity index is 1.69. The highest BCUT2D eigenvalue weighted by Gasteiger charge is 2.49. The van der Waals surface area contributed by atoms with Crippen LogP contribution in [0.15, 0.2) is 29.2 Å². The minimum Gasteiger partial charge on any atom is -0.359 e. The summed E-state index contributed by atoms with van der Waals surface area (Å²) in [5, 5.41) is 5.21. The highest BCUT2D eigenvalue weighted by Crippen LogP contribution is 2.30. The summed E-state index contributed by atoms with van der Waals surface area (Å²) in [6, 6.07) is 5.01. The number of imide groups is 1. The first-order chi connectivity index (χ1) is 14.5. The monoisotopic (exact) mass is 450 g/mol. The van der Waals surface area contributed by atoms with Crippen molar-refractivity contribution in [3.63, 3.8) is 0 Å². The first-order valence-electron chi connectivity index (χ1n) is 9.91. The SMILES string of the molecule is CNC(=O)C1CCN(C(=O)CN2C(=O)N[C@@](C)(c3ccc(S(C)(=O)=O)cc3)C2=O)CC1. The summed E-state index contributed by atoms with van der Waals surface area (Å²) >= 11 is 0. The molecule has 0 saturated carbocycles. The molecular formula is C20H26N4O6S. The maximum atomic E-state index is 13.0. The third-order valence-corrected chi connectivity index (χ3v) is 7.02. The van der Waals surface area contributed by atoms with Gasteiger partial charge in [0.2, 0.25) is 11.8 Å². The van der Waals surface area contributed by atoms with E-state index in [1.807, 2.05) is 0 Å². The lowest BCUT2D eigenvalue weighted by atomic mass is 9.92. The Morgan fingerprint density at radius 3 is 2.26 bits per heavy atom. The van der Waals surface area contributed by atoms with Gasteiger partial charge in [-0.25, -0.2) is 13.2 Å². The van der Waals surface area contributed by atoms with Gasteiger partial charge >= 0.3 is 6.03 Å². The van der Waals surface area contributed by atoms with Gasteiger partial charge in [-0.1, -0.05) is 12.1 Å². The number of hydrogen-bond donors (Lipinski definition) is 2. The van der Waals surface area contributed by atoms with Crippen molar-refractivity contribution in [3.05, 3.63) is 29.8 Å². The van der Waals surface area contributed by atoms with Crippen LogP contribution in [0.4, 0.5) is 4.79 Å². The van der Waals surface area contributed by atoms with Crippen LogP contribution in [-0.4, -0.2) is 74.9 Å². The summed E-state index contributed by atoms with van der Waals surface area (Å²) in [5.74, 6) is -1.16. The molecule has 0 unspecified atom stereocenters. The van der Waals surface area contributed by atoms with Crippen molar-refractivity contribution in [1.29, 1.82) is 0 Å². The molecule has 31 heavy (non-hydrogen) atoms. The Hall–Kier alpha value is -2.95. The lowest BCUT2D eigenvalue weighted by Gasteiger charge is -2.32. The molecule has 1 aromatic carbocycles. The Labute approximate surface area is 180 Å². The van der Waals surface area contributed by atoms with E-state index < -0.39 is 33.9 Å². The summed E-state index contributed by atoms with van der Waals surface area (Å²) in [6.07, 6.45) is 2.13. The van der Waals surface area contributed by atoms with Gasteiger partial charge < -0.3 is 15.5 Å². The van der Waals surface area contributed by atoms with Gasteiger partial charge in [0.05, 0.1) is 4.90 Å². The van der Waals surface area contributed by atoms with Crippen molar-refractivity contribution in [3.8, 4) is 0 Å². The number of carbonyl (C=O) groups is 4. The average Bonchev–Trinajstić information content (AvgIpc) is 2.96. The van der Waals surface area contributed by atoms with E-state index in [0.717, 1.165) is 11.2 Å². The maximum absolute atomic E-state index is 13.0. The van der Waals surface area contributed by atoms with Gasteiger partial charge in [-0.2, -0.15) is 0 Å². The third-order valence-electron chi connectivity index (χ3n) is 5.89. The molecule has 0 bridgehead atoms. The second kappa shape index (κ2) is 8.29. The van der Waals surface area contributed by atoms with Gasteiger partial charge in [0.15, 0.2) is 9.84 Å². The van der Waals surface area contributed by atoms with Crippen molar-refractivity contribution < 1.29 is 27.6 Å². The minimum atomic E-state index is -3.40. The lowest BCUT2D eigenvalue weighted by molar-refractivity contribution is -0.140. The van der Waals surface area contributed by atoms with Gasteiger partial charge in [0, 0.05) is 32.3 Å². The summed E-state index contributed by atoms with van der Waals surface area (Å²) in [7, 11) is -1.82. The number of nitrogens with one attached hydrogen (secondary N) is 2. The zero-order valence-electron chi connectivity index (χ0n) is 17.7. The zero-order chi connectivity index (χ0) is 23.0. The zero-order valence-corrected chi connectivity index (χ0v) is 18.5. The minimum absolute atomic E-state index is 0.0566. The predicted octanol–water partition coefficient (Wildman–Crippen LogP) is -0.158. The molecule has 2 heterocycles. The Bertz CT molecular complexity index is 1010. The smallest absolute Gasteiger partial charge is 0.325 e. The molecule has 0 aromatic heterocycles. The third kappa shape index (κ3) is 4.41. The number of nitrogens with zero attached hydrogens (tertiary/aromatic N) is 2. The number of amides is 5. The maximum Gasteiger partial charge on any atom is 0.325 e. The van der Waals surface area contributed by atoms with Gasteiger partial charge in [-0.05, 0) is 37.5 Å². The Kier molecular flexibility index (Phi) is 6.08. The molecule has 0 aliphatic carbocycles. The standard InChI is InChI=1S/C20H26N4O6S/c1-20(14-4-6-15(7-5-14)31(3,29)30)18(27)24(19(28)22-20)12-16(25)23-10-8-13(9-11-23)17(26)21-2/h4-7,13H,8-12H2,1-3H3,(H,21,26)(H,22,28)/t20-/m0/s1. The van der Waals surface area contributed by atoms with Crippen LogP contribution < -0.4 is 10.6 Å². The normalized spacial score (nSPS) is 22.4. The number of piperidine rings is 1.